The molecule has 1 fully saturated rings. The number of hydrogen-bond donors (Lipinski definition) is 3. The highest BCUT2D eigenvalue weighted by Crippen LogP contribution is 2.59. The van der Waals surface area contributed by atoms with Gasteiger partial charge in [0.25, 0.3) is 0 Å². The van der Waals surface area contributed by atoms with Crippen LogP contribution in [0.25, 0.3) is 5.57 Å². The quantitative estimate of drug-likeness (QED) is 0.706. The highest BCUT2D eigenvalue weighted by Gasteiger charge is 2.44. The minimum Gasteiger partial charge on any atom is -0.473 e. The predicted molar refractivity (Wildman–Crippen MR) is 104 cm³/mol. The molecule has 0 aliphatic heterocycles. The molecule has 3 atom stereocenters. The lowest BCUT2D eigenvalue weighted by molar-refractivity contribution is -0.159. The van der Waals surface area contributed by atoms with Crippen LogP contribution in [0.1, 0.15) is 53.9 Å². The van der Waals surface area contributed by atoms with E-state index in [0.29, 0.717) is 11.8 Å². The van der Waals surface area contributed by atoms with Crippen LogP contribution in [0.3, 0.4) is 0 Å². The van der Waals surface area contributed by atoms with Crippen LogP contribution in [0.2, 0.25) is 0 Å². The summed E-state index contributed by atoms with van der Waals surface area (Å²) in [5, 5.41) is 14.8. The Kier molecular flexibility index (Phi) is 5.42. The van der Waals surface area contributed by atoms with Crippen molar-refractivity contribution >= 4 is 17.5 Å². The van der Waals surface area contributed by atoms with Crippen molar-refractivity contribution < 1.29 is 19.8 Å². The number of rotatable bonds is 2. The van der Waals surface area contributed by atoms with Crippen molar-refractivity contribution in [1.82, 2.24) is 0 Å². The molecule has 0 radical (unpaired) electrons. The molecule has 4 rings (SSSR count). The van der Waals surface area contributed by atoms with E-state index in [1.165, 1.54) is 34.2 Å². The van der Waals surface area contributed by atoms with Gasteiger partial charge < -0.3 is 15.9 Å². The maximum absolute atomic E-state index is 9.10. The van der Waals surface area contributed by atoms with E-state index in [1.807, 2.05) is 0 Å². The Morgan fingerprint density at radius 1 is 1.00 bits per heavy atom. The number of carboxylic acids is 2. The molecule has 4 N–H and O–H groups in total. The molecule has 2 aromatic carbocycles. The monoisotopic (exact) mass is 365 g/mol. The van der Waals surface area contributed by atoms with Gasteiger partial charge in [0, 0.05) is 6.04 Å². The smallest absolute Gasteiger partial charge is 0.414 e. The zero-order valence-corrected chi connectivity index (χ0v) is 15.1. The van der Waals surface area contributed by atoms with Gasteiger partial charge in [-0.3, -0.25) is 0 Å². The summed E-state index contributed by atoms with van der Waals surface area (Å²) in [7, 11) is 0. The van der Waals surface area contributed by atoms with E-state index < -0.39 is 11.9 Å². The highest BCUT2D eigenvalue weighted by molar-refractivity contribution is 6.27. The summed E-state index contributed by atoms with van der Waals surface area (Å²) in [5.41, 5.74) is 13.2. The van der Waals surface area contributed by atoms with E-state index in [4.69, 9.17) is 25.5 Å². The van der Waals surface area contributed by atoms with E-state index in [2.05, 4.69) is 61.5 Å². The van der Waals surface area contributed by atoms with E-state index >= 15 is 0 Å². The number of nitrogens with two attached hydrogens (primary N) is 1. The number of aliphatic carboxylic acids is 2. The van der Waals surface area contributed by atoms with Crippen LogP contribution >= 0.6 is 0 Å². The standard InChI is InChI=1S/C20H21N.C2H2O4/c1-13(21)10-11-18-14-6-2-4-8-16(14)19-12-20(19)17-9-5-3-7-15(17)18;3-1(4)2(5)6/h2-9,11,13,19-20H,10,12,21H2,1H3;(H,3,4)(H,5,6). The second-order valence-corrected chi connectivity index (χ2v) is 7.06. The molecule has 3 unspecified atom stereocenters. The third-order valence-corrected chi connectivity index (χ3v) is 4.97. The summed E-state index contributed by atoms with van der Waals surface area (Å²) in [4.78, 5) is 18.2. The van der Waals surface area contributed by atoms with Crippen LogP contribution in [0.5, 0.6) is 0 Å². The summed E-state index contributed by atoms with van der Waals surface area (Å²) in [6.07, 6.45) is 4.56. The third kappa shape index (κ3) is 4.09. The largest absolute Gasteiger partial charge is 0.473 e. The molecule has 5 heteroatoms. The Balaban J connectivity index is 0.000000307. The van der Waals surface area contributed by atoms with Gasteiger partial charge >= 0.3 is 11.9 Å². The minimum absolute atomic E-state index is 0.203. The number of benzene rings is 2. The van der Waals surface area contributed by atoms with Crippen molar-refractivity contribution in [2.45, 2.75) is 37.6 Å². The topological polar surface area (TPSA) is 101 Å². The number of hydrogen-bond acceptors (Lipinski definition) is 3. The van der Waals surface area contributed by atoms with Gasteiger partial charge in [-0.05, 0) is 59.4 Å². The summed E-state index contributed by atoms with van der Waals surface area (Å²) in [5.74, 6) is -2.22. The average molecular weight is 365 g/mol. The van der Waals surface area contributed by atoms with Crippen LogP contribution < -0.4 is 5.73 Å². The van der Waals surface area contributed by atoms with Crippen molar-refractivity contribution in [2.75, 3.05) is 0 Å². The van der Waals surface area contributed by atoms with E-state index in [1.54, 1.807) is 0 Å². The Morgan fingerprint density at radius 2 is 1.44 bits per heavy atom. The summed E-state index contributed by atoms with van der Waals surface area (Å²) >= 11 is 0. The summed E-state index contributed by atoms with van der Waals surface area (Å²) < 4.78 is 0. The summed E-state index contributed by atoms with van der Waals surface area (Å²) in [6, 6.07) is 18.0. The van der Waals surface area contributed by atoms with Gasteiger partial charge in [0.1, 0.15) is 0 Å². The fourth-order valence-corrected chi connectivity index (χ4v) is 3.68. The van der Waals surface area contributed by atoms with Gasteiger partial charge in [-0.15, -0.1) is 0 Å². The van der Waals surface area contributed by atoms with E-state index in [9.17, 15) is 0 Å². The Labute approximate surface area is 158 Å². The van der Waals surface area contributed by atoms with Crippen LogP contribution in [0.15, 0.2) is 54.6 Å². The van der Waals surface area contributed by atoms with Crippen LogP contribution in [0.4, 0.5) is 0 Å². The fourth-order valence-electron chi connectivity index (χ4n) is 3.68. The lowest BCUT2D eigenvalue weighted by atomic mass is 9.91. The van der Waals surface area contributed by atoms with Gasteiger partial charge in [0.15, 0.2) is 0 Å². The predicted octanol–water partition coefficient (Wildman–Crippen LogP) is 3.60. The first-order valence-corrected chi connectivity index (χ1v) is 9.00. The molecule has 1 saturated carbocycles. The lowest BCUT2D eigenvalue weighted by Gasteiger charge is -2.14. The second-order valence-electron chi connectivity index (χ2n) is 7.06. The molecule has 0 spiro atoms. The van der Waals surface area contributed by atoms with E-state index in [0.717, 1.165) is 6.42 Å². The van der Waals surface area contributed by atoms with Crippen LogP contribution in [-0.4, -0.2) is 28.2 Å². The Bertz CT molecular complexity index is 835. The van der Waals surface area contributed by atoms with Gasteiger partial charge in [0.2, 0.25) is 0 Å². The molecule has 2 aromatic rings. The molecule has 0 heterocycles. The van der Waals surface area contributed by atoms with Crippen LogP contribution in [-0.2, 0) is 9.59 Å². The first kappa shape index (κ1) is 18.9. The molecular weight excluding hydrogens is 342 g/mol. The zero-order valence-electron chi connectivity index (χ0n) is 15.1. The maximum atomic E-state index is 9.10. The average Bonchev–Trinajstić information content (AvgIpc) is 3.43. The molecular formula is C22H23NO4. The third-order valence-electron chi connectivity index (χ3n) is 4.97. The molecule has 0 amide bonds. The molecule has 5 nitrogen and oxygen atoms in total. The summed E-state index contributed by atoms with van der Waals surface area (Å²) in [6.45, 7) is 2.07. The van der Waals surface area contributed by atoms with Crippen molar-refractivity contribution in [3.63, 3.8) is 0 Å². The van der Waals surface area contributed by atoms with Crippen molar-refractivity contribution in [3.05, 3.63) is 76.9 Å². The normalized spacial score (nSPS) is 19.9. The minimum atomic E-state index is -1.82. The van der Waals surface area contributed by atoms with Gasteiger partial charge in [-0.2, -0.15) is 0 Å². The highest BCUT2D eigenvalue weighted by atomic mass is 16.4. The number of carbonyl (C=O) groups is 2. The molecule has 2 aliphatic carbocycles. The van der Waals surface area contributed by atoms with Crippen LogP contribution in [0, 0.1) is 0 Å². The molecule has 0 saturated heterocycles. The molecule has 0 aromatic heterocycles. The van der Waals surface area contributed by atoms with Crippen molar-refractivity contribution in [3.8, 4) is 0 Å². The van der Waals surface area contributed by atoms with Gasteiger partial charge in [0.05, 0.1) is 0 Å². The van der Waals surface area contributed by atoms with Crippen molar-refractivity contribution in [1.29, 1.82) is 0 Å². The number of fused-ring (bicyclic) bond motifs is 5. The maximum Gasteiger partial charge on any atom is 0.414 e. The van der Waals surface area contributed by atoms with E-state index in [-0.39, 0.29) is 6.04 Å². The SMILES string of the molecule is CC(N)CC=C1c2ccccc2C2CC2c2ccccc21.O=C(O)C(=O)O. The first-order chi connectivity index (χ1) is 12.9. The van der Waals surface area contributed by atoms with Gasteiger partial charge in [-0.1, -0.05) is 54.6 Å². The Hall–Kier alpha value is -2.92. The molecule has 27 heavy (non-hydrogen) atoms. The fraction of sp³-hybridized carbons (Fsp3) is 0.273. The van der Waals surface area contributed by atoms with Gasteiger partial charge in [-0.25, -0.2) is 9.59 Å². The zero-order chi connectivity index (χ0) is 19.6. The first-order valence-electron chi connectivity index (χ1n) is 9.00. The lowest BCUT2D eigenvalue weighted by Crippen LogP contribution is -2.13. The number of carboxylic acid groups (broad SMARTS) is 2. The molecule has 0 bridgehead atoms. The molecule has 140 valence electrons. The Morgan fingerprint density at radius 3 is 1.85 bits per heavy atom. The van der Waals surface area contributed by atoms with Crippen molar-refractivity contribution in [2.24, 2.45) is 5.73 Å². The molecule has 2 aliphatic rings. The second kappa shape index (κ2) is 7.76.